The van der Waals surface area contributed by atoms with Crippen LogP contribution in [0.1, 0.15) is 32.1 Å². The Morgan fingerprint density at radius 3 is 2.62 bits per heavy atom. The van der Waals surface area contributed by atoms with Gasteiger partial charge in [0, 0.05) is 18.5 Å². The average molecular weight is 231 g/mol. The molecule has 16 heavy (non-hydrogen) atoms. The van der Waals surface area contributed by atoms with Gasteiger partial charge in [-0.15, -0.1) is 0 Å². The Balaban J connectivity index is 1.85. The van der Waals surface area contributed by atoms with Crippen LogP contribution in [0.5, 0.6) is 0 Å². The van der Waals surface area contributed by atoms with Crippen LogP contribution < -0.4 is 0 Å². The number of halogens is 2. The van der Waals surface area contributed by atoms with Gasteiger partial charge in [-0.3, -0.25) is 9.69 Å². The molecule has 2 unspecified atom stereocenters. The van der Waals surface area contributed by atoms with Crippen molar-refractivity contribution >= 4 is 5.97 Å². The first-order chi connectivity index (χ1) is 7.39. The van der Waals surface area contributed by atoms with Gasteiger partial charge in [0.1, 0.15) is 0 Å². The second-order valence-corrected chi connectivity index (χ2v) is 5.66. The van der Waals surface area contributed by atoms with Gasteiger partial charge in [0.15, 0.2) is 0 Å². The molecule has 0 radical (unpaired) electrons. The number of carboxylic acids is 1. The van der Waals surface area contributed by atoms with E-state index in [1.165, 1.54) is 0 Å². The average Bonchev–Trinajstić information content (AvgIpc) is 2.39. The Kier molecular flexibility index (Phi) is 1.80. The molecule has 0 amide bonds. The maximum Gasteiger partial charge on any atom is 0.305 e. The molecule has 0 aromatic rings. The summed E-state index contributed by atoms with van der Waals surface area (Å²) in [7, 11) is 0. The zero-order chi connectivity index (χ0) is 11.6. The zero-order valence-corrected chi connectivity index (χ0v) is 9.01. The lowest BCUT2D eigenvalue weighted by Gasteiger charge is -2.30. The van der Waals surface area contributed by atoms with Crippen LogP contribution in [-0.4, -0.2) is 40.5 Å². The van der Waals surface area contributed by atoms with Gasteiger partial charge < -0.3 is 5.11 Å². The van der Waals surface area contributed by atoms with E-state index in [9.17, 15) is 13.6 Å². The first-order valence-corrected chi connectivity index (χ1v) is 5.74. The van der Waals surface area contributed by atoms with E-state index in [4.69, 9.17) is 5.11 Å². The van der Waals surface area contributed by atoms with Crippen LogP contribution in [0.2, 0.25) is 0 Å². The molecule has 1 spiro atoms. The summed E-state index contributed by atoms with van der Waals surface area (Å²) in [6.45, 7) is 1.18. The summed E-state index contributed by atoms with van der Waals surface area (Å²) in [5.41, 5.74) is -1.35. The molecular formula is C11H15F2NO2. The van der Waals surface area contributed by atoms with Gasteiger partial charge in [0.25, 0.3) is 5.92 Å². The molecule has 3 nitrogen and oxygen atoms in total. The fraction of sp³-hybridized carbons (Fsp3) is 0.909. The van der Waals surface area contributed by atoms with Gasteiger partial charge in [-0.25, -0.2) is 8.78 Å². The van der Waals surface area contributed by atoms with Crippen molar-refractivity contribution in [3.63, 3.8) is 0 Å². The standard InChI is InChI=1S/C11H15F2NO2/c12-11(13)6-9(11)5-10(4-8(15)16)2-1-3-14(10)7-9/h1-7H2,(H,15,16). The molecule has 3 aliphatic rings. The van der Waals surface area contributed by atoms with Gasteiger partial charge in [0.05, 0.1) is 11.8 Å². The Hall–Kier alpha value is -0.710. The maximum absolute atomic E-state index is 13.3. The number of fused-ring (bicyclic) bond motifs is 1. The molecule has 0 bridgehead atoms. The second-order valence-electron chi connectivity index (χ2n) is 5.66. The Labute approximate surface area is 92.4 Å². The molecule has 1 aliphatic carbocycles. The van der Waals surface area contributed by atoms with Crippen molar-refractivity contribution in [3.8, 4) is 0 Å². The molecular weight excluding hydrogens is 216 g/mol. The number of alkyl halides is 2. The van der Waals surface area contributed by atoms with Crippen molar-refractivity contribution < 1.29 is 18.7 Å². The van der Waals surface area contributed by atoms with E-state index in [0.29, 0.717) is 13.0 Å². The Bertz CT molecular complexity index is 360. The molecule has 2 atom stereocenters. The highest BCUT2D eigenvalue weighted by molar-refractivity contribution is 5.68. The molecule has 5 heteroatoms. The Morgan fingerprint density at radius 2 is 2.06 bits per heavy atom. The largest absolute Gasteiger partial charge is 0.481 e. The molecule has 2 aliphatic heterocycles. The van der Waals surface area contributed by atoms with Gasteiger partial charge >= 0.3 is 5.97 Å². The fourth-order valence-electron chi connectivity index (χ4n) is 3.78. The van der Waals surface area contributed by atoms with E-state index in [-0.39, 0.29) is 12.8 Å². The topological polar surface area (TPSA) is 40.5 Å². The molecule has 3 rings (SSSR count). The predicted molar refractivity (Wildman–Crippen MR) is 52.4 cm³/mol. The molecule has 3 fully saturated rings. The monoisotopic (exact) mass is 231 g/mol. The molecule has 1 saturated carbocycles. The summed E-state index contributed by atoms with van der Waals surface area (Å²) in [6.07, 6.45) is 2.05. The van der Waals surface area contributed by atoms with E-state index in [1.54, 1.807) is 0 Å². The van der Waals surface area contributed by atoms with Crippen molar-refractivity contribution in [1.29, 1.82) is 0 Å². The third-order valence-corrected chi connectivity index (χ3v) is 4.59. The number of nitrogens with zero attached hydrogens (tertiary/aromatic N) is 1. The summed E-state index contributed by atoms with van der Waals surface area (Å²) in [5, 5.41) is 8.92. The maximum atomic E-state index is 13.3. The first kappa shape index (κ1) is 10.4. The van der Waals surface area contributed by atoms with E-state index >= 15 is 0 Å². The number of carboxylic acid groups (broad SMARTS) is 1. The lowest BCUT2D eigenvalue weighted by molar-refractivity contribution is -0.139. The minimum atomic E-state index is -2.55. The van der Waals surface area contributed by atoms with Crippen molar-refractivity contribution in [2.45, 2.75) is 43.6 Å². The minimum Gasteiger partial charge on any atom is -0.481 e. The van der Waals surface area contributed by atoms with Crippen molar-refractivity contribution in [2.75, 3.05) is 13.1 Å². The minimum absolute atomic E-state index is 0.0187. The molecule has 90 valence electrons. The summed E-state index contributed by atoms with van der Waals surface area (Å²) in [6, 6.07) is 0. The third-order valence-electron chi connectivity index (χ3n) is 4.59. The normalized spacial score (nSPS) is 44.9. The quantitative estimate of drug-likeness (QED) is 0.786. The summed E-state index contributed by atoms with van der Waals surface area (Å²) >= 11 is 0. The van der Waals surface area contributed by atoms with Crippen LogP contribution in [0.4, 0.5) is 8.78 Å². The van der Waals surface area contributed by atoms with Gasteiger partial charge in [0.2, 0.25) is 0 Å². The fourth-order valence-corrected chi connectivity index (χ4v) is 3.78. The number of aliphatic carboxylic acids is 1. The summed E-state index contributed by atoms with van der Waals surface area (Å²) < 4.78 is 26.7. The van der Waals surface area contributed by atoms with E-state index in [2.05, 4.69) is 0 Å². The van der Waals surface area contributed by atoms with Crippen molar-refractivity contribution in [2.24, 2.45) is 5.41 Å². The SMILES string of the molecule is O=C(O)CC12CCCN1CC1(C2)CC1(F)F. The molecule has 2 saturated heterocycles. The second kappa shape index (κ2) is 2.75. The lowest BCUT2D eigenvalue weighted by Crippen LogP contribution is -2.39. The van der Waals surface area contributed by atoms with Crippen LogP contribution >= 0.6 is 0 Å². The van der Waals surface area contributed by atoms with Crippen LogP contribution in [0.3, 0.4) is 0 Å². The van der Waals surface area contributed by atoms with E-state index < -0.39 is 22.8 Å². The molecule has 0 aromatic heterocycles. The highest BCUT2D eigenvalue weighted by Gasteiger charge is 2.77. The number of rotatable bonds is 2. The van der Waals surface area contributed by atoms with Gasteiger partial charge in [-0.1, -0.05) is 0 Å². The smallest absolute Gasteiger partial charge is 0.305 e. The van der Waals surface area contributed by atoms with Gasteiger partial charge in [-0.2, -0.15) is 0 Å². The number of hydrogen-bond acceptors (Lipinski definition) is 2. The number of hydrogen-bond donors (Lipinski definition) is 1. The van der Waals surface area contributed by atoms with Crippen LogP contribution in [0.15, 0.2) is 0 Å². The summed E-state index contributed by atoms with van der Waals surface area (Å²) in [5.74, 6) is -3.42. The zero-order valence-electron chi connectivity index (χ0n) is 9.01. The molecule has 2 heterocycles. The first-order valence-electron chi connectivity index (χ1n) is 5.74. The predicted octanol–water partition coefficient (Wildman–Crippen LogP) is 1.72. The highest BCUT2D eigenvalue weighted by Crippen LogP contribution is 2.69. The highest BCUT2D eigenvalue weighted by atomic mass is 19.3. The van der Waals surface area contributed by atoms with Crippen molar-refractivity contribution in [3.05, 3.63) is 0 Å². The molecule has 0 aromatic carbocycles. The van der Waals surface area contributed by atoms with Crippen LogP contribution in [-0.2, 0) is 4.79 Å². The number of carbonyl (C=O) groups is 1. The van der Waals surface area contributed by atoms with E-state index in [0.717, 1.165) is 19.4 Å². The van der Waals surface area contributed by atoms with E-state index in [1.807, 2.05) is 4.90 Å². The van der Waals surface area contributed by atoms with Crippen LogP contribution in [0.25, 0.3) is 0 Å². The third kappa shape index (κ3) is 1.18. The molecule has 1 N–H and O–H groups in total. The van der Waals surface area contributed by atoms with Gasteiger partial charge in [-0.05, 0) is 25.8 Å². The lowest BCUT2D eigenvalue weighted by atomic mass is 9.85. The van der Waals surface area contributed by atoms with Crippen LogP contribution in [0, 0.1) is 5.41 Å². The Morgan fingerprint density at radius 1 is 1.38 bits per heavy atom. The summed E-state index contributed by atoms with van der Waals surface area (Å²) in [4.78, 5) is 12.9. The van der Waals surface area contributed by atoms with Crippen molar-refractivity contribution in [1.82, 2.24) is 4.90 Å².